The highest BCUT2D eigenvalue weighted by Gasteiger charge is 2.26. The lowest BCUT2D eigenvalue weighted by Crippen LogP contribution is -2.34. The number of aryl methyl sites for hydroxylation is 1. The number of carboxylic acids is 1. The molecule has 0 aliphatic heterocycles. The van der Waals surface area contributed by atoms with Crippen molar-refractivity contribution in [2.75, 3.05) is 0 Å². The number of aromatic nitrogens is 1. The normalized spacial score (nSPS) is 11.9. The van der Waals surface area contributed by atoms with Crippen LogP contribution >= 0.6 is 11.6 Å². The number of benzene rings is 1. The first-order valence-corrected chi connectivity index (χ1v) is 6.06. The molecule has 1 heterocycles. The molecular weight excluding hydrogens is 284 g/mol. The van der Waals surface area contributed by atoms with Crippen molar-refractivity contribution in [2.24, 2.45) is 0 Å². The van der Waals surface area contributed by atoms with E-state index in [0.717, 1.165) is 6.39 Å². The van der Waals surface area contributed by atoms with E-state index in [1.807, 2.05) is 0 Å². The number of hydrogen-bond acceptors (Lipinski definition) is 4. The van der Waals surface area contributed by atoms with Crippen LogP contribution in [-0.4, -0.2) is 22.0 Å². The van der Waals surface area contributed by atoms with Gasteiger partial charge in [-0.3, -0.25) is 4.79 Å². The van der Waals surface area contributed by atoms with E-state index in [1.54, 1.807) is 25.1 Å². The van der Waals surface area contributed by atoms with Crippen LogP contribution < -0.4 is 5.32 Å². The number of halogens is 1. The van der Waals surface area contributed by atoms with Crippen LogP contribution in [0.25, 0.3) is 0 Å². The SMILES string of the molecule is Cc1ncoc1C(=O)N[C@@H](C(=O)O)c1ccccc1Cl. The fourth-order valence-corrected chi connectivity index (χ4v) is 1.94. The maximum atomic E-state index is 12.0. The first-order valence-electron chi connectivity index (χ1n) is 5.69. The lowest BCUT2D eigenvalue weighted by Gasteiger charge is -2.15. The van der Waals surface area contributed by atoms with Crippen LogP contribution in [0.3, 0.4) is 0 Å². The Labute approximate surface area is 119 Å². The highest BCUT2D eigenvalue weighted by Crippen LogP contribution is 2.23. The summed E-state index contributed by atoms with van der Waals surface area (Å²) in [7, 11) is 0. The van der Waals surface area contributed by atoms with Crippen LogP contribution in [-0.2, 0) is 4.79 Å². The molecule has 2 aromatic rings. The number of nitrogens with one attached hydrogen (secondary N) is 1. The van der Waals surface area contributed by atoms with Crippen molar-refractivity contribution >= 4 is 23.5 Å². The van der Waals surface area contributed by atoms with Gasteiger partial charge in [0.05, 0.1) is 5.69 Å². The maximum Gasteiger partial charge on any atom is 0.330 e. The second-order valence-electron chi connectivity index (χ2n) is 4.03. The van der Waals surface area contributed by atoms with E-state index in [9.17, 15) is 14.7 Å². The highest BCUT2D eigenvalue weighted by molar-refractivity contribution is 6.31. The molecule has 0 aliphatic carbocycles. The van der Waals surface area contributed by atoms with Crippen LogP contribution in [0.4, 0.5) is 0 Å². The average Bonchev–Trinajstić information content (AvgIpc) is 2.83. The van der Waals surface area contributed by atoms with Crippen molar-refractivity contribution in [3.05, 3.63) is 52.7 Å². The van der Waals surface area contributed by atoms with Gasteiger partial charge in [0.2, 0.25) is 5.76 Å². The third-order valence-electron chi connectivity index (χ3n) is 2.69. The van der Waals surface area contributed by atoms with Gasteiger partial charge in [-0.25, -0.2) is 9.78 Å². The number of aliphatic carboxylic acids is 1. The Kier molecular flexibility index (Phi) is 4.05. The largest absolute Gasteiger partial charge is 0.479 e. The van der Waals surface area contributed by atoms with Crippen molar-refractivity contribution in [1.82, 2.24) is 10.3 Å². The number of carbonyl (C=O) groups excluding carboxylic acids is 1. The highest BCUT2D eigenvalue weighted by atomic mass is 35.5. The van der Waals surface area contributed by atoms with Crippen LogP contribution in [0.2, 0.25) is 5.02 Å². The maximum absolute atomic E-state index is 12.0. The molecule has 1 aromatic heterocycles. The number of hydrogen-bond donors (Lipinski definition) is 2. The van der Waals surface area contributed by atoms with E-state index >= 15 is 0 Å². The number of nitrogens with zero attached hydrogens (tertiary/aromatic N) is 1. The Bertz CT molecular complexity index is 653. The third kappa shape index (κ3) is 2.80. The molecule has 20 heavy (non-hydrogen) atoms. The van der Waals surface area contributed by atoms with Crippen LogP contribution in [0, 0.1) is 6.92 Å². The Morgan fingerprint density at radius 1 is 1.40 bits per heavy atom. The van der Waals surface area contributed by atoms with Gasteiger partial charge >= 0.3 is 5.97 Å². The smallest absolute Gasteiger partial charge is 0.330 e. The summed E-state index contributed by atoms with van der Waals surface area (Å²) in [5.41, 5.74) is 0.679. The van der Waals surface area contributed by atoms with E-state index in [-0.39, 0.29) is 10.8 Å². The molecule has 2 rings (SSSR count). The van der Waals surface area contributed by atoms with E-state index < -0.39 is 17.9 Å². The molecule has 7 heteroatoms. The molecule has 1 aromatic carbocycles. The molecule has 2 N–H and O–H groups in total. The summed E-state index contributed by atoms with van der Waals surface area (Å²) in [5.74, 6) is -1.90. The van der Waals surface area contributed by atoms with Crippen LogP contribution in [0.5, 0.6) is 0 Å². The Morgan fingerprint density at radius 2 is 2.10 bits per heavy atom. The average molecular weight is 295 g/mol. The van der Waals surface area contributed by atoms with Crippen molar-refractivity contribution in [1.29, 1.82) is 0 Å². The summed E-state index contributed by atoms with van der Waals surface area (Å²) >= 11 is 5.95. The zero-order chi connectivity index (χ0) is 14.7. The van der Waals surface area contributed by atoms with E-state index in [1.165, 1.54) is 6.07 Å². The van der Waals surface area contributed by atoms with Gasteiger partial charge < -0.3 is 14.8 Å². The predicted octanol–water partition coefficient (Wildman–Crippen LogP) is 2.19. The zero-order valence-corrected chi connectivity index (χ0v) is 11.2. The summed E-state index contributed by atoms with van der Waals surface area (Å²) in [5, 5.41) is 11.9. The molecule has 0 radical (unpaired) electrons. The lowest BCUT2D eigenvalue weighted by atomic mass is 10.1. The predicted molar refractivity (Wildman–Crippen MR) is 70.5 cm³/mol. The van der Waals surface area contributed by atoms with Gasteiger partial charge in [-0.2, -0.15) is 0 Å². The third-order valence-corrected chi connectivity index (χ3v) is 3.03. The molecule has 0 unspecified atom stereocenters. The summed E-state index contributed by atoms with van der Waals surface area (Å²) in [6.45, 7) is 1.59. The van der Waals surface area contributed by atoms with Crippen molar-refractivity contribution < 1.29 is 19.1 Å². The van der Waals surface area contributed by atoms with E-state index in [2.05, 4.69) is 10.3 Å². The molecule has 0 bridgehead atoms. The number of carboxylic acid groups (broad SMARTS) is 1. The van der Waals surface area contributed by atoms with Crippen molar-refractivity contribution in [3.63, 3.8) is 0 Å². The monoisotopic (exact) mass is 294 g/mol. The molecule has 0 spiro atoms. The Hall–Kier alpha value is -2.34. The molecule has 1 atom stereocenters. The Balaban J connectivity index is 2.28. The first-order chi connectivity index (χ1) is 9.50. The minimum absolute atomic E-state index is 0.0247. The second-order valence-corrected chi connectivity index (χ2v) is 4.44. The fraction of sp³-hybridized carbons (Fsp3) is 0.154. The number of rotatable bonds is 4. The van der Waals surface area contributed by atoms with Gasteiger partial charge in [-0.1, -0.05) is 29.8 Å². The molecule has 1 amide bonds. The van der Waals surface area contributed by atoms with Gasteiger partial charge in [0.25, 0.3) is 5.91 Å². The van der Waals surface area contributed by atoms with Gasteiger partial charge in [0, 0.05) is 10.6 Å². The first kappa shape index (κ1) is 14.1. The summed E-state index contributed by atoms with van der Waals surface area (Å²) in [6.07, 6.45) is 1.12. The quantitative estimate of drug-likeness (QED) is 0.901. The molecular formula is C13H11ClN2O4. The van der Waals surface area contributed by atoms with Crippen molar-refractivity contribution in [2.45, 2.75) is 13.0 Å². The van der Waals surface area contributed by atoms with Crippen molar-refractivity contribution in [3.8, 4) is 0 Å². The van der Waals surface area contributed by atoms with Gasteiger partial charge in [-0.15, -0.1) is 0 Å². The lowest BCUT2D eigenvalue weighted by molar-refractivity contribution is -0.139. The molecule has 0 saturated carbocycles. The minimum atomic E-state index is -1.26. The summed E-state index contributed by atoms with van der Waals surface area (Å²) < 4.78 is 4.92. The number of oxazole rings is 1. The fourth-order valence-electron chi connectivity index (χ4n) is 1.70. The number of amides is 1. The number of carbonyl (C=O) groups is 2. The van der Waals surface area contributed by atoms with E-state index in [4.69, 9.17) is 16.0 Å². The zero-order valence-electron chi connectivity index (χ0n) is 10.5. The molecule has 0 aliphatic rings. The van der Waals surface area contributed by atoms with Crippen LogP contribution in [0.15, 0.2) is 35.1 Å². The van der Waals surface area contributed by atoms with Gasteiger partial charge in [-0.05, 0) is 13.0 Å². The van der Waals surface area contributed by atoms with Crippen LogP contribution in [0.1, 0.15) is 27.9 Å². The molecule has 6 nitrogen and oxygen atoms in total. The molecule has 0 saturated heterocycles. The van der Waals surface area contributed by atoms with Gasteiger partial charge in [0.15, 0.2) is 12.4 Å². The Morgan fingerprint density at radius 3 is 2.65 bits per heavy atom. The second kappa shape index (κ2) is 5.75. The van der Waals surface area contributed by atoms with Gasteiger partial charge in [0.1, 0.15) is 0 Å². The van der Waals surface area contributed by atoms with E-state index in [0.29, 0.717) is 11.3 Å². The summed E-state index contributed by atoms with van der Waals surface area (Å²) in [6, 6.07) is 5.14. The molecule has 104 valence electrons. The standard InChI is InChI=1S/C13H11ClN2O4/c1-7-11(20-6-15-7)12(17)16-10(13(18)19)8-4-2-3-5-9(8)14/h2-6,10H,1H3,(H,16,17)(H,18,19)/t10-/m1/s1. The topological polar surface area (TPSA) is 92.4 Å². The summed E-state index contributed by atoms with van der Waals surface area (Å²) in [4.78, 5) is 27.1. The minimum Gasteiger partial charge on any atom is -0.479 e. The molecule has 0 fully saturated rings.